The highest BCUT2D eigenvalue weighted by molar-refractivity contribution is 7.99. The zero-order valence-electron chi connectivity index (χ0n) is 20.1. The number of hydrogen-bond donors (Lipinski definition) is 1. The number of halogens is 5. The van der Waals surface area contributed by atoms with Gasteiger partial charge in [0.05, 0.1) is 23.7 Å². The molecule has 0 radical (unpaired) electrons. The van der Waals surface area contributed by atoms with E-state index in [1.165, 1.54) is 16.7 Å². The highest BCUT2D eigenvalue weighted by Gasteiger charge is 2.39. The minimum Gasteiger partial charge on any atom is -0.353 e. The molecule has 37 heavy (non-hydrogen) atoms. The number of aromatic nitrogens is 2. The summed E-state index contributed by atoms with van der Waals surface area (Å²) in [4.78, 5) is 19.6. The van der Waals surface area contributed by atoms with Gasteiger partial charge in [-0.3, -0.25) is 4.57 Å². The molecule has 1 fully saturated rings. The van der Waals surface area contributed by atoms with Gasteiger partial charge < -0.3 is 15.0 Å². The first-order chi connectivity index (χ1) is 17.6. The Bertz CT molecular complexity index is 1370. The molecule has 3 heterocycles. The minimum atomic E-state index is -4.75. The molecule has 2 aliphatic rings. The molecule has 0 saturated carbocycles. The van der Waals surface area contributed by atoms with Crippen LogP contribution in [0.5, 0.6) is 0 Å². The van der Waals surface area contributed by atoms with Crippen LogP contribution < -0.4 is 15.9 Å². The summed E-state index contributed by atoms with van der Waals surface area (Å²) in [5.41, 5.74) is -1.27. The van der Waals surface area contributed by atoms with Crippen LogP contribution in [0, 0.1) is 5.82 Å². The second kappa shape index (κ2) is 9.88. The van der Waals surface area contributed by atoms with E-state index >= 15 is 0 Å². The maximum atomic E-state index is 14.6. The number of rotatable bonds is 4. The molecule has 12 heteroatoms. The molecule has 6 nitrogen and oxygen atoms in total. The van der Waals surface area contributed by atoms with Crippen LogP contribution in [0.15, 0.2) is 40.0 Å². The summed E-state index contributed by atoms with van der Waals surface area (Å²) in [5.74, 6) is -0.287. The lowest BCUT2D eigenvalue weighted by Crippen LogP contribution is -2.55. The first-order valence-corrected chi connectivity index (χ1v) is 12.8. The maximum absolute atomic E-state index is 14.6. The van der Waals surface area contributed by atoms with Crippen LogP contribution in [0.1, 0.15) is 19.4 Å². The van der Waals surface area contributed by atoms with Gasteiger partial charge in [0.2, 0.25) is 0 Å². The minimum absolute atomic E-state index is 0.0236. The van der Waals surface area contributed by atoms with Crippen molar-refractivity contribution in [2.75, 3.05) is 30.6 Å². The zero-order valence-corrected chi connectivity index (χ0v) is 20.9. The van der Waals surface area contributed by atoms with Gasteiger partial charge in [-0.15, -0.1) is 11.8 Å². The Labute approximate surface area is 213 Å². The molecule has 0 bridgehead atoms. The molecule has 0 unspecified atom stereocenters. The van der Waals surface area contributed by atoms with Crippen LogP contribution in [-0.4, -0.2) is 53.4 Å². The molecule has 3 atom stereocenters. The van der Waals surface area contributed by atoms with E-state index in [4.69, 9.17) is 4.74 Å². The Morgan fingerprint density at radius 3 is 2.43 bits per heavy atom. The Balaban J connectivity index is 1.87. The molecular formula is C25H25F5N4O2S. The number of nitrogens with one attached hydrogen (secondary N) is 1. The SMILES string of the molecule is C[C@@H]1CN(c2nc(=O)n3c4c(c(-c5ccc(F)cc5)c(C(F)(F)F)cc24)SC[C@@H](OCF)C3)C[C@H](C)N1. The number of alkyl halides is 4. The van der Waals surface area contributed by atoms with Crippen LogP contribution in [0.25, 0.3) is 22.0 Å². The van der Waals surface area contributed by atoms with Gasteiger partial charge in [-0.25, -0.2) is 13.6 Å². The lowest BCUT2D eigenvalue weighted by Gasteiger charge is -2.37. The van der Waals surface area contributed by atoms with E-state index in [1.807, 2.05) is 18.7 Å². The van der Waals surface area contributed by atoms with E-state index in [1.54, 1.807) is 0 Å². The lowest BCUT2D eigenvalue weighted by atomic mass is 9.96. The summed E-state index contributed by atoms with van der Waals surface area (Å²) in [6, 6.07) is 5.84. The summed E-state index contributed by atoms with van der Waals surface area (Å²) in [5, 5.41) is 3.55. The third-order valence-corrected chi connectivity index (χ3v) is 7.82. The van der Waals surface area contributed by atoms with Crippen molar-refractivity contribution in [1.82, 2.24) is 14.9 Å². The highest BCUT2D eigenvalue weighted by Crippen LogP contribution is 2.48. The predicted molar refractivity (Wildman–Crippen MR) is 132 cm³/mol. The van der Waals surface area contributed by atoms with E-state index in [0.717, 1.165) is 30.0 Å². The number of anilines is 1. The molecule has 1 saturated heterocycles. The number of hydrogen-bond acceptors (Lipinski definition) is 6. The van der Waals surface area contributed by atoms with E-state index in [0.29, 0.717) is 13.1 Å². The highest BCUT2D eigenvalue weighted by atomic mass is 32.2. The molecule has 3 aromatic rings. The van der Waals surface area contributed by atoms with E-state index < -0.39 is 36.2 Å². The van der Waals surface area contributed by atoms with Gasteiger partial charge >= 0.3 is 11.9 Å². The summed E-state index contributed by atoms with van der Waals surface area (Å²) in [7, 11) is 0. The summed E-state index contributed by atoms with van der Waals surface area (Å²) in [6.07, 6.45) is -5.51. The van der Waals surface area contributed by atoms with Crippen molar-refractivity contribution < 1.29 is 26.7 Å². The topological polar surface area (TPSA) is 59.4 Å². The first kappa shape index (κ1) is 25.9. The second-order valence-corrected chi connectivity index (χ2v) is 10.5. The summed E-state index contributed by atoms with van der Waals surface area (Å²) < 4.78 is 76.9. The third-order valence-electron chi connectivity index (χ3n) is 6.59. The average Bonchev–Trinajstić information content (AvgIpc) is 3.01. The Morgan fingerprint density at radius 2 is 1.81 bits per heavy atom. The Kier molecular flexibility index (Phi) is 6.92. The third kappa shape index (κ3) is 4.94. The number of benzene rings is 2. The van der Waals surface area contributed by atoms with Gasteiger partial charge in [0.25, 0.3) is 0 Å². The lowest BCUT2D eigenvalue weighted by molar-refractivity contribution is -0.137. The fourth-order valence-electron chi connectivity index (χ4n) is 5.19. The monoisotopic (exact) mass is 540 g/mol. The van der Waals surface area contributed by atoms with Crippen molar-refractivity contribution in [2.24, 2.45) is 0 Å². The van der Waals surface area contributed by atoms with Gasteiger partial charge in [0, 0.05) is 46.8 Å². The van der Waals surface area contributed by atoms with Gasteiger partial charge in [0.1, 0.15) is 11.6 Å². The summed E-state index contributed by atoms with van der Waals surface area (Å²) >= 11 is 1.07. The van der Waals surface area contributed by atoms with Crippen molar-refractivity contribution in [3.8, 4) is 11.1 Å². The molecule has 2 aliphatic heterocycles. The van der Waals surface area contributed by atoms with E-state index in [2.05, 4.69) is 10.3 Å². The number of nitrogens with zero attached hydrogens (tertiary/aromatic N) is 3. The van der Waals surface area contributed by atoms with Crippen LogP contribution in [-0.2, 0) is 17.5 Å². The average molecular weight is 541 g/mol. The van der Waals surface area contributed by atoms with Crippen molar-refractivity contribution in [3.63, 3.8) is 0 Å². The Morgan fingerprint density at radius 1 is 1.14 bits per heavy atom. The number of thioether (sulfide) groups is 1. The van der Waals surface area contributed by atoms with Crippen molar-refractivity contribution in [2.45, 2.75) is 49.7 Å². The largest absolute Gasteiger partial charge is 0.417 e. The van der Waals surface area contributed by atoms with Crippen LogP contribution in [0.4, 0.5) is 27.8 Å². The van der Waals surface area contributed by atoms with Crippen molar-refractivity contribution >= 4 is 28.5 Å². The molecule has 2 aromatic carbocycles. The van der Waals surface area contributed by atoms with Crippen LogP contribution in [0.2, 0.25) is 0 Å². The van der Waals surface area contributed by atoms with E-state index in [9.17, 15) is 26.7 Å². The first-order valence-electron chi connectivity index (χ1n) is 11.8. The number of ether oxygens (including phenoxy) is 1. The molecule has 5 rings (SSSR count). The molecule has 0 amide bonds. The second-order valence-electron chi connectivity index (χ2n) is 9.44. The van der Waals surface area contributed by atoms with Gasteiger partial charge in [-0.05, 0) is 37.6 Å². The smallest absolute Gasteiger partial charge is 0.353 e. The molecular weight excluding hydrogens is 515 g/mol. The summed E-state index contributed by atoms with van der Waals surface area (Å²) in [6.45, 7) is 3.65. The predicted octanol–water partition coefficient (Wildman–Crippen LogP) is 4.83. The maximum Gasteiger partial charge on any atom is 0.417 e. The van der Waals surface area contributed by atoms with Crippen LogP contribution >= 0.6 is 11.8 Å². The molecule has 1 N–H and O–H groups in total. The fraction of sp³-hybridized carbons (Fsp3) is 0.440. The van der Waals surface area contributed by atoms with Gasteiger partial charge in [-0.1, -0.05) is 12.1 Å². The quantitative estimate of drug-likeness (QED) is 0.479. The standard InChI is InChI=1S/C25H25F5N4O2S/c1-13-8-33(9-14(2)31-13)23-18-7-19(25(28,29)30)20(15-3-5-16(27)6-4-15)22-21(18)34(24(35)32-23)10-17(11-37-22)36-12-26/h3-7,13-14,17,31H,8-12H2,1-2H3/t13-,14+,17-/m0/s1. The Hall–Kier alpha value is -2.70. The molecule has 1 aromatic heterocycles. The van der Waals surface area contributed by atoms with Gasteiger partial charge in [0.15, 0.2) is 6.86 Å². The normalized spacial score (nSPS) is 22.4. The zero-order chi connectivity index (χ0) is 26.5. The fourth-order valence-corrected chi connectivity index (χ4v) is 6.48. The van der Waals surface area contributed by atoms with Crippen molar-refractivity contribution in [1.29, 1.82) is 0 Å². The molecule has 0 aliphatic carbocycles. The van der Waals surface area contributed by atoms with Crippen molar-refractivity contribution in [3.05, 3.63) is 52.2 Å². The van der Waals surface area contributed by atoms with E-state index in [-0.39, 0.29) is 57.1 Å². The number of piperazine rings is 1. The van der Waals surface area contributed by atoms with Gasteiger partial charge in [-0.2, -0.15) is 18.2 Å². The van der Waals surface area contributed by atoms with Crippen LogP contribution in [0.3, 0.4) is 0 Å². The molecule has 0 spiro atoms. The molecule has 198 valence electrons.